The second-order valence-electron chi connectivity index (χ2n) is 9.66. The van der Waals surface area contributed by atoms with Crippen LogP contribution in [0.4, 0.5) is 0 Å². The SMILES string of the molecule is CCOC(=O)C1(NC(=O)CCCSc2ccc3ccccc3c2)Cc2ccc(-c3ccc(Cl)cc3)cc2C1. The Morgan fingerprint density at radius 2 is 1.63 bits per heavy atom. The second kappa shape index (κ2) is 11.6. The monoisotopic (exact) mass is 543 g/mol. The van der Waals surface area contributed by atoms with Crippen molar-refractivity contribution < 1.29 is 14.3 Å². The summed E-state index contributed by atoms with van der Waals surface area (Å²) in [5.41, 5.74) is 3.15. The summed E-state index contributed by atoms with van der Waals surface area (Å²) in [6.45, 7) is 2.06. The summed E-state index contributed by atoms with van der Waals surface area (Å²) in [7, 11) is 0. The van der Waals surface area contributed by atoms with Crippen LogP contribution in [0.3, 0.4) is 0 Å². The third kappa shape index (κ3) is 5.90. The molecule has 1 atom stereocenters. The Hall–Kier alpha value is -3.28. The van der Waals surface area contributed by atoms with Gasteiger partial charge in [0, 0.05) is 29.2 Å². The highest BCUT2D eigenvalue weighted by Crippen LogP contribution is 2.35. The van der Waals surface area contributed by atoms with Gasteiger partial charge in [0.25, 0.3) is 0 Å². The molecule has 4 aromatic rings. The first-order chi connectivity index (χ1) is 18.5. The zero-order valence-electron chi connectivity index (χ0n) is 21.3. The molecule has 1 aliphatic carbocycles. The number of halogens is 1. The topological polar surface area (TPSA) is 55.4 Å². The molecule has 0 fully saturated rings. The summed E-state index contributed by atoms with van der Waals surface area (Å²) in [6, 6.07) is 28.6. The van der Waals surface area contributed by atoms with Gasteiger partial charge in [-0.05, 0) is 76.4 Å². The van der Waals surface area contributed by atoms with Gasteiger partial charge in [0.1, 0.15) is 5.54 Å². The van der Waals surface area contributed by atoms with Crippen molar-refractivity contribution in [1.29, 1.82) is 0 Å². The van der Waals surface area contributed by atoms with Crippen molar-refractivity contribution in [2.24, 2.45) is 0 Å². The standard InChI is InChI=1S/C32H30ClNO3S/c1-2-37-31(36)32(20-26-10-9-25(18-27(26)21-32)23-11-14-28(33)15-12-23)34-30(35)8-5-17-38-29-16-13-22-6-3-4-7-24(22)19-29/h3-4,6-7,9-16,18-19H,2,5,8,17,20-21H2,1H3,(H,34,35). The van der Waals surface area contributed by atoms with E-state index in [1.165, 1.54) is 15.7 Å². The van der Waals surface area contributed by atoms with E-state index in [9.17, 15) is 9.59 Å². The van der Waals surface area contributed by atoms with Gasteiger partial charge in [-0.2, -0.15) is 0 Å². The maximum absolute atomic E-state index is 13.1. The van der Waals surface area contributed by atoms with Crippen LogP contribution in [0.15, 0.2) is 89.8 Å². The number of carbonyl (C=O) groups excluding carboxylic acids is 2. The van der Waals surface area contributed by atoms with E-state index in [4.69, 9.17) is 16.3 Å². The molecule has 4 aromatic carbocycles. The molecule has 0 aliphatic heterocycles. The summed E-state index contributed by atoms with van der Waals surface area (Å²) in [6.07, 6.45) is 1.92. The Labute approximate surface area is 232 Å². The van der Waals surface area contributed by atoms with E-state index in [0.29, 0.717) is 24.3 Å². The minimum atomic E-state index is -1.07. The fourth-order valence-corrected chi connectivity index (χ4v) is 6.08. The number of rotatable bonds is 9. The highest BCUT2D eigenvalue weighted by Gasteiger charge is 2.46. The first kappa shape index (κ1) is 26.3. The quantitative estimate of drug-likeness (QED) is 0.137. The van der Waals surface area contributed by atoms with Crippen LogP contribution in [-0.2, 0) is 27.2 Å². The maximum atomic E-state index is 13.1. The molecule has 6 heteroatoms. The maximum Gasteiger partial charge on any atom is 0.332 e. The van der Waals surface area contributed by atoms with E-state index in [2.05, 4.69) is 47.8 Å². The Bertz CT molecular complexity index is 1470. The number of hydrogen-bond donors (Lipinski definition) is 1. The largest absolute Gasteiger partial charge is 0.464 e. The summed E-state index contributed by atoms with van der Waals surface area (Å²) in [5, 5.41) is 6.20. The summed E-state index contributed by atoms with van der Waals surface area (Å²) >= 11 is 7.79. The number of benzene rings is 4. The number of hydrogen-bond acceptors (Lipinski definition) is 4. The molecule has 194 valence electrons. The lowest BCUT2D eigenvalue weighted by Crippen LogP contribution is -2.56. The van der Waals surface area contributed by atoms with Crippen molar-refractivity contribution >= 4 is 46.0 Å². The van der Waals surface area contributed by atoms with Crippen molar-refractivity contribution in [2.75, 3.05) is 12.4 Å². The lowest BCUT2D eigenvalue weighted by molar-refractivity contribution is -0.153. The molecule has 0 heterocycles. The van der Waals surface area contributed by atoms with Crippen LogP contribution < -0.4 is 5.32 Å². The van der Waals surface area contributed by atoms with Gasteiger partial charge in [0.05, 0.1) is 6.61 Å². The smallest absolute Gasteiger partial charge is 0.332 e. The molecular formula is C32H30ClNO3S. The number of ether oxygens (including phenoxy) is 1. The molecule has 0 aromatic heterocycles. The fraction of sp³-hybridized carbons (Fsp3) is 0.250. The Kier molecular flexibility index (Phi) is 8.06. The molecule has 0 radical (unpaired) electrons. The molecular weight excluding hydrogens is 514 g/mol. The van der Waals surface area contributed by atoms with E-state index in [-0.39, 0.29) is 18.5 Å². The summed E-state index contributed by atoms with van der Waals surface area (Å²) < 4.78 is 5.44. The van der Waals surface area contributed by atoms with Gasteiger partial charge in [-0.3, -0.25) is 4.79 Å². The number of amides is 1. The molecule has 0 saturated carbocycles. The van der Waals surface area contributed by atoms with Crippen LogP contribution in [-0.4, -0.2) is 29.8 Å². The predicted molar refractivity (Wildman–Crippen MR) is 156 cm³/mol. The summed E-state index contributed by atoms with van der Waals surface area (Å²) in [4.78, 5) is 27.3. The van der Waals surface area contributed by atoms with Gasteiger partial charge in [-0.1, -0.05) is 72.3 Å². The Morgan fingerprint density at radius 1 is 0.895 bits per heavy atom. The zero-order chi connectivity index (χ0) is 26.5. The number of carbonyl (C=O) groups is 2. The van der Waals surface area contributed by atoms with Gasteiger partial charge < -0.3 is 10.1 Å². The number of esters is 1. The molecule has 0 bridgehead atoms. The average molecular weight is 544 g/mol. The molecule has 1 unspecified atom stereocenters. The first-order valence-corrected chi connectivity index (χ1v) is 14.3. The lowest BCUT2D eigenvalue weighted by atomic mass is 9.95. The third-order valence-electron chi connectivity index (χ3n) is 6.95. The van der Waals surface area contributed by atoms with Crippen LogP contribution >= 0.6 is 23.4 Å². The van der Waals surface area contributed by atoms with Crippen LogP contribution in [0.25, 0.3) is 21.9 Å². The summed E-state index contributed by atoms with van der Waals surface area (Å²) in [5.74, 6) is 0.328. The Morgan fingerprint density at radius 3 is 2.42 bits per heavy atom. The van der Waals surface area contributed by atoms with Crippen molar-refractivity contribution in [3.8, 4) is 11.1 Å². The van der Waals surface area contributed by atoms with E-state index in [1.54, 1.807) is 18.7 Å². The molecule has 1 amide bonds. The van der Waals surface area contributed by atoms with Gasteiger partial charge >= 0.3 is 5.97 Å². The lowest BCUT2D eigenvalue weighted by Gasteiger charge is -2.28. The van der Waals surface area contributed by atoms with Gasteiger partial charge in [0.2, 0.25) is 5.91 Å². The van der Waals surface area contributed by atoms with Crippen LogP contribution in [0.2, 0.25) is 5.02 Å². The molecule has 1 aliphatic rings. The van der Waals surface area contributed by atoms with Gasteiger partial charge in [-0.15, -0.1) is 11.8 Å². The van der Waals surface area contributed by atoms with Crippen LogP contribution in [0.1, 0.15) is 30.9 Å². The molecule has 5 rings (SSSR count). The second-order valence-corrected chi connectivity index (χ2v) is 11.3. The Balaban J connectivity index is 1.22. The minimum Gasteiger partial charge on any atom is -0.464 e. The van der Waals surface area contributed by atoms with Gasteiger partial charge in [-0.25, -0.2) is 4.79 Å². The molecule has 38 heavy (non-hydrogen) atoms. The van der Waals surface area contributed by atoms with Crippen LogP contribution in [0, 0.1) is 0 Å². The molecule has 0 spiro atoms. The van der Waals surface area contributed by atoms with Crippen molar-refractivity contribution in [3.05, 3.63) is 101 Å². The fourth-order valence-electron chi connectivity index (χ4n) is 5.06. The molecule has 4 nitrogen and oxygen atoms in total. The predicted octanol–water partition coefficient (Wildman–Crippen LogP) is 7.25. The normalized spacial score (nSPS) is 16.3. The number of thioether (sulfide) groups is 1. The van der Waals surface area contributed by atoms with Crippen LogP contribution in [0.5, 0.6) is 0 Å². The molecule has 1 N–H and O–H groups in total. The van der Waals surface area contributed by atoms with E-state index >= 15 is 0 Å². The van der Waals surface area contributed by atoms with Crippen molar-refractivity contribution in [2.45, 2.75) is 43.0 Å². The first-order valence-electron chi connectivity index (χ1n) is 12.9. The third-order valence-corrected chi connectivity index (χ3v) is 8.28. The number of fused-ring (bicyclic) bond motifs is 2. The minimum absolute atomic E-state index is 0.122. The highest BCUT2D eigenvalue weighted by molar-refractivity contribution is 7.99. The zero-order valence-corrected chi connectivity index (χ0v) is 22.9. The molecule has 0 saturated heterocycles. The average Bonchev–Trinajstić information content (AvgIpc) is 3.30. The van der Waals surface area contributed by atoms with Gasteiger partial charge in [0.15, 0.2) is 0 Å². The highest BCUT2D eigenvalue weighted by atomic mass is 35.5. The van der Waals surface area contributed by atoms with E-state index < -0.39 is 5.54 Å². The van der Waals surface area contributed by atoms with E-state index in [0.717, 1.165) is 34.4 Å². The number of nitrogens with one attached hydrogen (secondary N) is 1. The van der Waals surface area contributed by atoms with E-state index in [1.807, 2.05) is 42.5 Å². The van der Waals surface area contributed by atoms with Crippen molar-refractivity contribution in [3.63, 3.8) is 0 Å². The van der Waals surface area contributed by atoms with Crippen molar-refractivity contribution in [1.82, 2.24) is 5.32 Å².